The molecule has 0 saturated carbocycles. The Morgan fingerprint density at radius 3 is 2.87 bits per heavy atom. The van der Waals surface area contributed by atoms with Crippen LogP contribution in [0.3, 0.4) is 0 Å². The lowest BCUT2D eigenvalue weighted by Crippen LogP contribution is -2.15. The fourth-order valence-corrected chi connectivity index (χ4v) is 1.37. The van der Waals surface area contributed by atoms with Gasteiger partial charge in [0.1, 0.15) is 5.82 Å². The van der Waals surface area contributed by atoms with Gasteiger partial charge in [-0.1, -0.05) is 0 Å². The highest BCUT2D eigenvalue weighted by Gasteiger charge is 2.12. The van der Waals surface area contributed by atoms with Crippen molar-refractivity contribution < 1.29 is 4.74 Å². The normalized spacial score (nSPS) is 14.1. The molecular formula is C9H10N4O2. The molecule has 2 heterocycles. The number of aryl methyl sites for hydroxylation is 1. The highest BCUT2D eigenvalue weighted by molar-refractivity contribution is 5.62. The second-order valence-corrected chi connectivity index (χ2v) is 3.10. The van der Waals surface area contributed by atoms with Gasteiger partial charge in [-0.05, 0) is 6.92 Å². The molecule has 1 N–H and O–H groups in total. The second-order valence-electron chi connectivity index (χ2n) is 3.10. The number of nitrogens with one attached hydrogen (secondary N) is 1. The van der Waals surface area contributed by atoms with Crippen LogP contribution in [0.1, 0.15) is 11.5 Å². The minimum Gasteiger partial charge on any atom is -0.490 e. The molecule has 1 aliphatic rings. The number of hydrogen-bond acceptors (Lipinski definition) is 5. The zero-order valence-corrected chi connectivity index (χ0v) is 8.44. The molecule has 0 spiro atoms. The number of aromatic amines is 1. The fourth-order valence-electron chi connectivity index (χ4n) is 1.37. The Labute approximate surface area is 85.7 Å². The summed E-state index contributed by atoms with van der Waals surface area (Å²) < 4.78 is 4.92. The van der Waals surface area contributed by atoms with Gasteiger partial charge in [0.2, 0.25) is 5.75 Å². The van der Waals surface area contributed by atoms with Crippen LogP contribution in [0.15, 0.2) is 21.2 Å². The number of H-pyrrole nitrogens is 1. The monoisotopic (exact) mass is 206 g/mol. The van der Waals surface area contributed by atoms with Crippen LogP contribution in [-0.2, 0) is 0 Å². The summed E-state index contributed by atoms with van der Waals surface area (Å²) in [6.45, 7) is 2.18. The summed E-state index contributed by atoms with van der Waals surface area (Å²) >= 11 is 0. The van der Waals surface area contributed by atoms with Crippen molar-refractivity contribution in [1.29, 1.82) is 0 Å². The van der Waals surface area contributed by atoms with E-state index >= 15 is 0 Å². The highest BCUT2D eigenvalue weighted by Crippen LogP contribution is 2.16. The first kappa shape index (κ1) is 9.57. The van der Waals surface area contributed by atoms with Crippen molar-refractivity contribution in [3.05, 3.63) is 28.1 Å². The quantitative estimate of drug-likeness (QED) is 0.780. The van der Waals surface area contributed by atoms with Gasteiger partial charge in [0.25, 0.3) is 5.56 Å². The Kier molecular flexibility index (Phi) is 2.32. The largest absolute Gasteiger partial charge is 0.490 e. The first-order valence-corrected chi connectivity index (χ1v) is 4.43. The Bertz CT molecular complexity index is 501. The van der Waals surface area contributed by atoms with Crippen LogP contribution in [0, 0.1) is 6.92 Å². The summed E-state index contributed by atoms with van der Waals surface area (Å²) in [6, 6.07) is 0. The van der Waals surface area contributed by atoms with Crippen molar-refractivity contribution in [2.24, 2.45) is 10.2 Å². The van der Waals surface area contributed by atoms with Crippen molar-refractivity contribution in [3.8, 4) is 5.75 Å². The smallest absolute Gasteiger partial charge is 0.293 e. The molecule has 0 atom stereocenters. The SMILES string of the molecule is COc1c(C)nc(C2=CN=NC2)[nH]c1=O. The molecule has 0 saturated heterocycles. The topological polar surface area (TPSA) is 79.7 Å². The van der Waals surface area contributed by atoms with E-state index in [0.717, 1.165) is 5.57 Å². The van der Waals surface area contributed by atoms with Crippen LogP contribution in [0.5, 0.6) is 5.75 Å². The first-order valence-electron chi connectivity index (χ1n) is 4.43. The molecule has 6 nitrogen and oxygen atoms in total. The molecule has 0 aliphatic carbocycles. The molecule has 0 fully saturated rings. The lowest BCUT2D eigenvalue weighted by molar-refractivity contribution is 0.402. The van der Waals surface area contributed by atoms with E-state index < -0.39 is 0 Å². The summed E-state index contributed by atoms with van der Waals surface area (Å²) in [7, 11) is 1.44. The Hall–Kier alpha value is -1.98. The predicted octanol–water partition coefficient (Wildman–Crippen LogP) is 0.894. The maximum Gasteiger partial charge on any atom is 0.293 e. The van der Waals surface area contributed by atoms with E-state index in [2.05, 4.69) is 20.2 Å². The number of hydrogen-bond donors (Lipinski definition) is 1. The Morgan fingerprint density at radius 2 is 2.33 bits per heavy atom. The van der Waals surface area contributed by atoms with E-state index in [9.17, 15) is 4.79 Å². The predicted molar refractivity (Wildman–Crippen MR) is 53.8 cm³/mol. The average Bonchev–Trinajstić information content (AvgIpc) is 2.69. The van der Waals surface area contributed by atoms with Crippen LogP contribution in [0.4, 0.5) is 0 Å². The standard InChI is InChI=1S/C9H10N4O2/c1-5-7(15-2)9(14)13-8(12-5)6-3-10-11-4-6/h3H,4H2,1-2H3,(H,12,13,14). The van der Waals surface area contributed by atoms with Crippen molar-refractivity contribution in [1.82, 2.24) is 9.97 Å². The maximum absolute atomic E-state index is 11.5. The maximum atomic E-state index is 11.5. The van der Waals surface area contributed by atoms with Gasteiger partial charge in [0.05, 0.1) is 25.5 Å². The molecule has 15 heavy (non-hydrogen) atoms. The van der Waals surface area contributed by atoms with Crippen LogP contribution in [0.2, 0.25) is 0 Å². The van der Waals surface area contributed by atoms with Gasteiger partial charge in [0, 0.05) is 5.57 Å². The zero-order valence-electron chi connectivity index (χ0n) is 8.44. The molecule has 78 valence electrons. The average molecular weight is 206 g/mol. The van der Waals surface area contributed by atoms with E-state index in [-0.39, 0.29) is 11.3 Å². The van der Waals surface area contributed by atoms with Crippen LogP contribution in [0.25, 0.3) is 5.57 Å². The summed E-state index contributed by atoms with van der Waals surface area (Å²) in [4.78, 5) is 18.4. The fraction of sp³-hybridized carbons (Fsp3) is 0.333. The molecule has 0 aromatic carbocycles. The van der Waals surface area contributed by atoms with E-state index in [0.29, 0.717) is 18.1 Å². The first-order chi connectivity index (χ1) is 7.22. The van der Waals surface area contributed by atoms with E-state index in [1.54, 1.807) is 13.1 Å². The third kappa shape index (κ3) is 1.65. The molecule has 1 aromatic rings. The molecule has 2 rings (SSSR count). The molecule has 0 unspecified atom stereocenters. The number of azo groups is 1. The minimum atomic E-state index is -0.284. The van der Waals surface area contributed by atoms with Gasteiger partial charge < -0.3 is 9.72 Å². The van der Waals surface area contributed by atoms with Crippen molar-refractivity contribution >= 4 is 5.57 Å². The second kappa shape index (κ2) is 3.64. The molecule has 0 radical (unpaired) electrons. The van der Waals surface area contributed by atoms with E-state index in [1.807, 2.05) is 0 Å². The van der Waals surface area contributed by atoms with E-state index in [1.165, 1.54) is 7.11 Å². The van der Waals surface area contributed by atoms with Gasteiger partial charge in [0.15, 0.2) is 0 Å². The summed E-state index contributed by atoms with van der Waals surface area (Å²) in [6.07, 6.45) is 1.59. The zero-order chi connectivity index (χ0) is 10.8. The Morgan fingerprint density at radius 1 is 1.53 bits per heavy atom. The molecule has 1 aliphatic heterocycles. The third-order valence-electron chi connectivity index (χ3n) is 2.09. The lowest BCUT2D eigenvalue weighted by atomic mass is 10.2. The molecular weight excluding hydrogens is 196 g/mol. The van der Waals surface area contributed by atoms with Crippen molar-refractivity contribution in [2.45, 2.75) is 6.92 Å². The van der Waals surface area contributed by atoms with Crippen molar-refractivity contribution in [2.75, 3.05) is 13.7 Å². The number of nitrogens with zero attached hydrogens (tertiary/aromatic N) is 3. The number of methoxy groups -OCH3 is 1. The van der Waals surface area contributed by atoms with Gasteiger partial charge in [-0.2, -0.15) is 10.2 Å². The molecule has 0 amide bonds. The summed E-state index contributed by atoms with van der Waals surface area (Å²) in [5, 5.41) is 7.49. The van der Waals surface area contributed by atoms with Crippen LogP contribution in [-0.4, -0.2) is 23.6 Å². The number of aromatic nitrogens is 2. The number of ether oxygens (including phenoxy) is 1. The lowest BCUT2D eigenvalue weighted by Gasteiger charge is -2.05. The third-order valence-corrected chi connectivity index (χ3v) is 2.09. The van der Waals surface area contributed by atoms with Crippen LogP contribution >= 0.6 is 0 Å². The van der Waals surface area contributed by atoms with Crippen LogP contribution < -0.4 is 10.3 Å². The van der Waals surface area contributed by atoms with Gasteiger partial charge in [-0.15, -0.1) is 0 Å². The number of rotatable bonds is 2. The van der Waals surface area contributed by atoms with Crippen molar-refractivity contribution in [3.63, 3.8) is 0 Å². The minimum absolute atomic E-state index is 0.242. The molecule has 0 bridgehead atoms. The van der Waals surface area contributed by atoms with Gasteiger partial charge >= 0.3 is 0 Å². The van der Waals surface area contributed by atoms with Gasteiger partial charge in [-0.25, -0.2) is 4.98 Å². The van der Waals surface area contributed by atoms with E-state index in [4.69, 9.17) is 4.74 Å². The summed E-state index contributed by atoms with van der Waals surface area (Å²) in [5.41, 5.74) is 1.08. The molecule has 1 aromatic heterocycles. The molecule has 6 heteroatoms. The van der Waals surface area contributed by atoms with Gasteiger partial charge in [-0.3, -0.25) is 4.79 Å². The summed E-state index contributed by atoms with van der Waals surface area (Å²) in [5.74, 6) is 0.745. The highest BCUT2D eigenvalue weighted by atomic mass is 16.5. The Balaban J connectivity index is 2.48.